The Hall–Kier alpha value is -2.40. The van der Waals surface area contributed by atoms with Crippen molar-refractivity contribution < 1.29 is 18.1 Å². The van der Waals surface area contributed by atoms with Gasteiger partial charge in [-0.15, -0.1) is 0 Å². The number of nitrogens with one attached hydrogen (secondary N) is 2. The summed E-state index contributed by atoms with van der Waals surface area (Å²) in [5.74, 6) is -0.264. The number of primary sulfonamides is 1. The van der Waals surface area contributed by atoms with Crippen molar-refractivity contribution in [1.82, 2.24) is 5.32 Å². The molecule has 12 heteroatoms. The third-order valence-electron chi connectivity index (χ3n) is 3.91. The highest BCUT2D eigenvalue weighted by Crippen LogP contribution is 2.27. The number of sulfonamides is 1. The number of nitrogens with two attached hydrogens (primary N) is 1. The summed E-state index contributed by atoms with van der Waals surface area (Å²) in [6, 6.07) is 8.50. The van der Waals surface area contributed by atoms with Gasteiger partial charge < -0.3 is 10.6 Å². The number of rotatable bonds is 9. The first-order valence-corrected chi connectivity index (χ1v) is 10.6. The van der Waals surface area contributed by atoms with Crippen molar-refractivity contribution >= 4 is 50.5 Å². The quantitative estimate of drug-likeness (QED) is 0.387. The average molecular weight is 461 g/mol. The van der Waals surface area contributed by atoms with Crippen molar-refractivity contribution in [3.63, 3.8) is 0 Å². The molecule has 0 aromatic heterocycles. The molecular weight excluding hydrogens is 443 g/mol. The minimum absolute atomic E-state index is 0.0529. The van der Waals surface area contributed by atoms with Gasteiger partial charge >= 0.3 is 0 Å². The Balaban J connectivity index is 1.87. The summed E-state index contributed by atoms with van der Waals surface area (Å²) in [5, 5.41) is 22.5. The third kappa shape index (κ3) is 6.57. The molecule has 0 aliphatic heterocycles. The number of benzene rings is 2. The lowest BCUT2D eigenvalue weighted by atomic mass is 10.1. The van der Waals surface area contributed by atoms with Gasteiger partial charge in [0.25, 0.3) is 5.69 Å². The zero-order valence-electron chi connectivity index (χ0n) is 15.0. The van der Waals surface area contributed by atoms with Crippen molar-refractivity contribution in [3.05, 3.63) is 62.1 Å². The van der Waals surface area contributed by atoms with Crippen LogP contribution in [-0.2, 0) is 21.2 Å². The molecule has 0 unspecified atom stereocenters. The van der Waals surface area contributed by atoms with Crippen molar-refractivity contribution in [2.24, 2.45) is 5.14 Å². The Kier molecular flexibility index (Phi) is 7.80. The fourth-order valence-corrected chi connectivity index (χ4v) is 3.41. The fourth-order valence-electron chi connectivity index (χ4n) is 2.47. The molecule has 2 aromatic carbocycles. The van der Waals surface area contributed by atoms with Crippen LogP contribution in [0.25, 0.3) is 0 Å². The second-order valence-electron chi connectivity index (χ2n) is 5.97. The molecule has 0 saturated heterocycles. The van der Waals surface area contributed by atoms with E-state index >= 15 is 0 Å². The summed E-state index contributed by atoms with van der Waals surface area (Å²) in [4.78, 5) is 22.0. The molecule has 156 valence electrons. The number of hydrogen-bond donors (Lipinski definition) is 3. The number of hydrogen-bond acceptors (Lipinski definition) is 6. The van der Waals surface area contributed by atoms with E-state index in [0.717, 1.165) is 17.7 Å². The average Bonchev–Trinajstić information content (AvgIpc) is 2.64. The lowest BCUT2D eigenvalue weighted by Crippen LogP contribution is -2.27. The number of halogens is 2. The van der Waals surface area contributed by atoms with E-state index in [1.807, 2.05) is 6.07 Å². The third-order valence-corrected chi connectivity index (χ3v) is 5.68. The maximum atomic E-state index is 11.9. The molecule has 1 amide bonds. The minimum atomic E-state index is -4.06. The molecule has 0 aliphatic carbocycles. The monoisotopic (exact) mass is 460 g/mol. The van der Waals surface area contributed by atoms with Gasteiger partial charge in [0.15, 0.2) is 0 Å². The van der Waals surface area contributed by atoms with E-state index in [-0.39, 0.29) is 29.5 Å². The zero-order chi connectivity index (χ0) is 21.6. The van der Waals surface area contributed by atoms with Crippen molar-refractivity contribution in [1.29, 1.82) is 0 Å². The standard InChI is InChI=1S/C17H18Cl2N4O5S/c18-13-3-1-2-11(17(13)19)6-8-22-16(24)7-9-21-14-5-4-12(29(20,27)28)10-15(14)23(25)26/h1-5,10,21H,6-9H2,(H,22,24)(H2,20,27,28). The second-order valence-corrected chi connectivity index (χ2v) is 8.32. The molecule has 0 atom stereocenters. The lowest BCUT2D eigenvalue weighted by Gasteiger charge is -2.10. The number of nitrogens with zero attached hydrogens (tertiary/aromatic N) is 1. The molecular formula is C17H18Cl2N4O5S. The molecule has 0 bridgehead atoms. The Morgan fingerprint density at radius 2 is 1.90 bits per heavy atom. The van der Waals surface area contributed by atoms with Crippen LogP contribution >= 0.6 is 23.2 Å². The first-order chi connectivity index (χ1) is 13.6. The molecule has 4 N–H and O–H groups in total. The van der Waals surface area contributed by atoms with Gasteiger partial charge in [-0.25, -0.2) is 13.6 Å². The number of anilines is 1. The van der Waals surface area contributed by atoms with E-state index in [2.05, 4.69) is 10.6 Å². The van der Waals surface area contributed by atoms with E-state index in [1.165, 1.54) is 6.07 Å². The summed E-state index contributed by atoms with van der Waals surface area (Å²) < 4.78 is 22.7. The van der Waals surface area contributed by atoms with Gasteiger partial charge in [0.1, 0.15) is 5.69 Å². The summed E-state index contributed by atoms with van der Waals surface area (Å²) in [6.45, 7) is 0.460. The predicted molar refractivity (Wildman–Crippen MR) is 111 cm³/mol. The summed E-state index contributed by atoms with van der Waals surface area (Å²) in [6.07, 6.45) is 0.552. The first-order valence-electron chi connectivity index (χ1n) is 8.34. The largest absolute Gasteiger partial charge is 0.379 e. The molecule has 2 aromatic rings. The zero-order valence-corrected chi connectivity index (χ0v) is 17.4. The van der Waals surface area contributed by atoms with Crippen LogP contribution in [0.3, 0.4) is 0 Å². The maximum absolute atomic E-state index is 11.9. The van der Waals surface area contributed by atoms with Crippen LogP contribution in [0.1, 0.15) is 12.0 Å². The molecule has 0 aliphatic rings. The predicted octanol–water partition coefficient (Wildman–Crippen LogP) is 2.71. The summed E-state index contributed by atoms with van der Waals surface area (Å²) in [7, 11) is -4.06. The van der Waals surface area contributed by atoms with Gasteiger partial charge in [0, 0.05) is 25.6 Å². The van der Waals surface area contributed by atoms with E-state index in [1.54, 1.807) is 12.1 Å². The van der Waals surface area contributed by atoms with Crippen molar-refractivity contribution in [2.75, 3.05) is 18.4 Å². The van der Waals surface area contributed by atoms with E-state index in [9.17, 15) is 23.3 Å². The maximum Gasteiger partial charge on any atom is 0.293 e. The highest BCUT2D eigenvalue weighted by molar-refractivity contribution is 7.89. The SMILES string of the molecule is NS(=O)(=O)c1ccc(NCCC(=O)NCCc2cccc(Cl)c2Cl)c([N+](=O)[O-])c1. The number of nitro groups is 1. The molecule has 9 nitrogen and oxygen atoms in total. The van der Waals surface area contributed by atoms with Crippen LogP contribution in [-0.4, -0.2) is 32.3 Å². The van der Waals surface area contributed by atoms with E-state index < -0.39 is 20.6 Å². The highest BCUT2D eigenvalue weighted by Gasteiger charge is 2.19. The second kappa shape index (κ2) is 9.88. The number of nitro benzene ring substituents is 1. The topological polar surface area (TPSA) is 144 Å². The summed E-state index contributed by atoms with van der Waals surface area (Å²) >= 11 is 12.0. The summed E-state index contributed by atoms with van der Waals surface area (Å²) in [5.41, 5.74) is 0.441. The van der Waals surface area contributed by atoms with Crippen LogP contribution in [0.4, 0.5) is 11.4 Å². The van der Waals surface area contributed by atoms with Crippen LogP contribution < -0.4 is 15.8 Å². The Morgan fingerprint density at radius 3 is 2.55 bits per heavy atom. The minimum Gasteiger partial charge on any atom is -0.379 e. The van der Waals surface area contributed by atoms with Gasteiger partial charge in [-0.05, 0) is 30.2 Å². The van der Waals surface area contributed by atoms with E-state index in [0.29, 0.717) is 23.0 Å². The first kappa shape index (κ1) is 22.9. The van der Waals surface area contributed by atoms with Crippen LogP contribution in [0.15, 0.2) is 41.3 Å². The van der Waals surface area contributed by atoms with Gasteiger partial charge in [0.2, 0.25) is 15.9 Å². The molecule has 0 fully saturated rings. The lowest BCUT2D eigenvalue weighted by molar-refractivity contribution is -0.384. The Morgan fingerprint density at radius 1 is 1.17 bits per heavy atom. The van der Waals surface area contributed by atoms with Gasteiger partial charge in [-0.2, -0.15) is 0 Å². The van der Waals surface area contributed by atoms with Crippen molar-refractivity contribution in [2.45, 2.75) is 17.7 Å². The number of amides is 1. The molecule has 0 radical (unpaired) electrons. The molecule has 0 heterocycles. The molecule has 0 saturated carbocycles. The number of carbonyl (C=O) groups is 1. The number of carbonyl (C=O) groups excluding carboxylic acids is 1. The van der Waals surface area contributed by atoms with Gasteiger partial charge in [-0.3, -0.25) is 14.9 Å². The molecule has 29 heavy (non-hydrogen) atoms. The van der Waals surface area contributed by atoms with Gasteiger partial charge in [-0.1, -0.05) is 35.3 Å². The normalized spacial score (nSPS) is 11.1. The van der Waals surface area contributed by atoms with Crippen LogP contribution in [0.5, 0.6) is 0 Å². The molecule has 0 spiro atoms. The highest BCUT2D eigenvalue weighted by atomic mass is 35.5. The van der Waals surface area contributed by atoms with Crippen molar-refractivity contribution in [3.8, 4) is 0 Å². The van der Waals surface area contributed by atoms with E-state index in [4.69, 9.17) is 28.3 Å². The smallest absolute Gasteiger partial charge is 0.293 e. The van der Waals surface area contributed by atoms with Crippen LogP contribution in [0.2, 0.25) is 10.0 Å². The molecule has 2 rings (SSSR count). The Bertz CT molecular complexity index is 1030. The fraction of sp³-hybridized carbons (Fsp3) is 0.235. The Labute approximate surface area is 177 Å². The van der Waals surface area contributed by atoms with Crippen LogP contribution in [0, 0.1) is 10.1 Å². The van der Waals surface area contributed by atoms with Gasteiger partial charge in [0.05, 0.1) is 19.9 Å².